The first kappa shape index (κ1) is 42.5. The Balaban J connectivity index is 0.000000284. The molecule has 0 aliphatic heterocycles. The number of aromatic nitrogens is 1. The number of allylic oxidation sites excluding steroid dienone is 1. The standard InChI is InChI=1S/C18H26N2O4.C12H11NO.C9H16N2OS/c1-2-13-24-18(23)20-16(14-15-9-5-3-6-10-15)17(22)19-11-7-4-8-12-21;1-2-3-9-4-5-10-6-7-13-12(14)11(10)8-9;1-3-6(2)8(10)9(12)11-13-7-4-5-7/h3,5-6,9-10,12,16H,2,4,7-8,11,13-14H2,1H3,(H,19,22)(H,20,23);2-8H,1H3,(H,13,14);3,6-8H,1,4-5,10H2,2H3,(H,11,12)/b;3-2+;/t16-;;6-,8?/m0.0/s1. The Labute approximate surface area is 305 Å². The second-order valence-electron chi connectivity index (χ2n) is 12.0. The first-order valence-corrected chi connectivity index (χ1v) is 18.3. The van der Waals surface area contributed by atoms with Gasteiger partial charge in [-0.2, -0.15) is 0 Å². The summed E-state index contributed by atoms with van der Waals surface area (Å²) in [6, 6.07) is 16.1. The maximum absolute atomic E-state index is 12.3. The third-order valence-electron chi connectivity index (χ3n) is 7.63. The van der Waals surface area contributed by atoms with Gasteiger partial charge in [0.15, 0.2) is 0 Å². The van der Waals surface area contributed by atoms with Crippen LogP contribution in [-0.2, 0) is 25.5 Å². The number of carbonyl (C=O) groups is 4. The number of hydrogen-bond donors (Lipinski definition) is 5. The lowest BCUT2D eigenvalue weighted by molar-refractivity contribution is -0.123. The van der Waals surface area contributed by atoms with E-state index in [1.807, 2.05) is 87.5 Å². The number of alkyl carbamates (subject to hydrolysis) is 1. The second-order valence-corrected chi connectivity index (χ2v) is 13.1. The molecule has 51 heavy (non-hydrogen) atoms. The molecule has 3 atom stereocenters. The summed E-state index contributed by atoms with van der Waals surface area (Å²) in [5, 5.41) is 7.75. The van der Waals surface area contributed by atoms with Crippen LogP contribution in [0.4, 0.5) is 4.79 Å². The van der Waals surface area contributed by atoms with Crippen LogP contribution in [0.1, 0.15) is 70.4 Å². The summed E-state index contributed by atoms with van der Waals surface area (Å²) in [7, 11) is 0. The molecule has 0 radical (unpaired) electrons. The number of unbranched alkanes of at least 4 members (excludes halogenated alkanes) is 2. The molecule has 12 heteroatoms. The quantitative estimate of drug-likeness (QED) is 0.0501. The average Bonchev–Trinajstić information content (AvgIpc) is 3.98. The number of rotatable bonds is 17. The predicted molar refractivity (Wildman–Crippen MR) is 207 cm³/mol. The average molecular weight is 720 g/mol. The number of nitrogens with one attached hydrogen (secondary N) is 4. The molecule has 1 aromatic heterocycles. The minimum Gasteiger partial charge on any atom is -0.450 e. The number of pyridine rings is 1. The largest absolute Gasteiger partial charge is 0.450 e. The zero-order valence-electron chi connectivity index (χ0n) is 29.9. The number of ether oxygens (including phenoxy) is 1. The van der Waals surface area contributed by atoms with Crippen LogP contribution in [0.15, 0.2) is 84.3 Å². The molecule has 0 bridgehead atoms. The summed E-state index contributed by atoms with van der Waals surface area (Å²) in [5.41, 5.74) is 7.65. The Hall–Kier alpha value is -4.68. The summed E-state index contributed by atoms with van der Waals surface area (Å²) in [4.78, 5) is 59.9. The molecule has 1 saturated carbocycles. The van der Waals surface area contributed by atoms with Gasteiger partial charge in [-0.1, -0.05) is 74.5 Å². The van der Waals surface area contributed by atoms with Crippen LogP contribution in [-0.4, -0.2) is 59.7 Å². The highest BCUT2D eigenvalue weighted by Gasteiger charge is 2.25. The van der Waals surface area contributed by atoms with Crippen molar-refractivity contribution < 1.29 is 23.9 Å². The predicted octanol–water partition coefficient (Wildman–Crippen LogP) is 5.84. The van der Waals surface area contributed by atoms with Crippen molar-refractivity contribution in [3.8, 4) is 0 Å². The lowest BCUT2D eigenvalue weighted by Gasteiger charge is -2.18. The van der Waals surface area contributed by atoms with Crippen molar-refractivity contribution in [1.82, 2.24) is 20.3 Å². The summed E-state index contributed by atoms with van der Waals surface area (Å²) in [6.07, 6.45) is 13.1. The number of carbonyl (C=O) groups excluding carboxylic acids is 4. The van der Waals surface area contributed by atoms with Crippen LogP contribution in [0.3, 0.4) is 0 Å². The number of H-pyrrole nitrogens is 1. The van der Waals surface area contributed by atoms with Crippen molar-refractivity contribution in [3.63, 3.8) is 0 Å². The molecule has 3 aromatic rings. The van der Waals surface area contributed by atoms with E-state index in [2.05, 4.69) is 26.9 Å². The molecule has 1 unspecified atom stereocenters. The first-order chi connectivity index (χ1) is 24.6. The number of aldehydes is 1. The molecule has 1 aliphatic rings. The molecule has 11 nitrogen and oxygen atoms in total. The van der Waals surface area contributed by atoms with Gasteiger partial charge < -0.3 is 30.9 Å². The summed E-state index contributed by atoms with van der Waals surface area (Å²) in [6.45, 7) is 10.1. The molecular formula is C39H53N5O6S. The fourth-order valence-corrected chi connectivity index (χ4v) is 5.19. The van der Waals surface area contributed by atoms with Gasteiger partial charge in [-0.05, 0) is 85.5 Å². The molecule has 1 fully saturated rings. The topological polar surface area (TPSA) is 172 Å². The van der Waals surface area contributed by atoms with E-state index >= 15 is 0 Å². The van der Waals surface area contributed by atoms with Gasteiger partial charge in [0, 0.05) is 36.2 Å². The Morgan fingerprint density at radius 3 is 2.49 bits per heavy atom. The fraction of sp³-hybridized carbons (Fsp3) is 0.410. The lowest BCUT2D eigenvalue weighted by atomic mass is 10.0. The van der Waals surface area contributed by atoms with Crippen molar-refractivity contribution >= 4 is 53.0 Å². The van der Waals surface area contributed by atoms with Gasteiger partial charge in [-0.15, -0.1) is 6.58 Å². The maximum atomic E-state index is 12.3. The molecule has 4 rings (SSSR count). The zero-order valence-corrected chi connectivity index (χ0v) is 30.7. The molecular weight excluding hydrogens is 667 g/mol. The highest BCUT2D eigenvalue weighted by atomic mass is 32.2. The van der Waals surface area contributed by atoms with Gasteiger partial charge in [0.05, 0.1) is 12.6 Å². The van der Waals surface area contributed by atoms with Crippen LogP contribution in [0.2, 0.25) is 0 Å². The van der Waals surface area contributed by atoms with Crippen LogP contribution < -0.4 is 26.6 Å². The minimum atomic E-state index is -0.692. The zero-order chi connectivity index (χ0) is 37.4. The Bertz CT molecular complexity index is 1610. The summed E-state index contributed by atoms with van der Waals surface area (Å²) >= 11 is 1.49. The lowest BCUT2D eigenvalue weighted by Crippen LogP contribution is -2.48. The molecule has 6 N–H and O–H groups in total. The van der Waals surface area contributed by atoms with E-state index in [9.17, 15) is 24.0 Å². The van der Waals surface area contributed by atoms with Crippen molar-refractivity contribution in [2.75, 3.05) is 13.2 Å². The highest BCUT2D eigenvalue weighted by Crippen LogP contribution is 2.31. The number of fused-ring (bicyclic) bond motifs is 1. The van der Waals surface area contributed by atoms with E-state index in [0.29, 0.717) is 31.2 Å². The van der Waals surface area contributed by atoms with Gasteiger partial charge >= 0.3 is 6.09 Å². The van der Waals surface area contributed by atoms with Gasteiger partial charge in [0.25, 0.3) is 5.56 Å². The number of hydrogen-bond acceptors (Lipinski definition) is 8. The fourth-order valence-electron chi connectivity index (χ4n) is 4.40. The van der Waals surface area contributed by atoms with Crippen molar-refractivity contribution in [3.05, 3.63) is 101 Å². The Kier molecular flexibility index (Phi) is 20.4. The van der Waals surface area contributed by atoms with E-state index in [1.165, 1.54) is 24.8 Å². The molecule has 3 amide bonds. The third kappa shape index (κ3) is 17.2. The number of amides is 3. The Morgan fingerprint density at radius 2 is 1.84 bits per heavy atom. The van der Waals surface area contributed by atoms with Crippen LogP contribution >= 0.6 is 11.9 Å². The maximum Gasteiger partial charge on any atom is 0.407 e. The van der Waals surface area contributed by atoms with E-state index in [4.69, 9.17) is 10.5 Å². The van der Waals surface area contributed by atoms with E-state index in [0.717, 1.165) is 47.4 Å². The second kappa shape index (κ2) is 24.5. The molecule has 1 aliphatic carbocycles. The van der Waals surface area contributed by atoms with E-state index in [-0.39, 0.29) is 23.3 Å². The van der Waals surface area contributed by atoms with Crippen molar-refractivity contribution in [2.45, 2.75) is 83.1 Å². The SMILES string of the molecule is C/C=C/c1ccc2cc[nH]c(=O)c2c1.C=C[C@H](C)C(N)C(=O)NSC1CC1.CCCOC(=O)N[C@@H](Cc1ccccc1)C(=O)NCCCCC=O. The van der Waals surface area contributed by atoms with Crippen LogP contribution in [0.5, 0.6) is 0 Å². The highest BCUT2D eigenvalue weighted by molar-refractivity contribution is 7.98. The van der Waals surface area contributed by atoms with E-state index in [1.54, 1.807) is 12.3 Å². The van der Waals surface area contributed by atoms with Crippen molar-refractivity contribution in [2.24, 2.45) is 11.7 Å². The number of aromatic amines is 1. The molecule has 0 spiro atoms. The Morgan fingerprint density at radius 1 is 1.10 bits per heavy atom. The first-order valence-electron chi connectivity index (χ1n) is 17.4. The van der Waals surface area contributed by atoms with Gasteiger partial charge in [0.1, 0.15) is 12.3 Å². The molecule has 1 heterocycles. The normalized spacial score (nSPS) is 13.6. The third-order valence-corrected chi connectivity index (χ3v) is 8.75. The van der Waals surface area contributed by atoms with Gasteiger partial charge in [-0.25, -0.2) is 4.79 Å². The monoisotopic (exact) mass is 719 g/mol. The van der Waals surface area contributed by atoms with Gasteiger partial charge in [-0.3, -0.25) is 19.1 Å². The number of benzene rings is 2. The molecule has 0 saturated heterocycles. The van der Waals surface area contributed by atoms with Crippen molar-refractivity contribution in [1.29, 1.82) is 0 Å². The summed E-state index contributed by atoms with van der Waals surface area (Å²) in [5.74, 6) is -0.317. The van der Waals surface area contributed by atoms with Gasteiger partial charge in [0.2, 0.25) is 11.8 Å². The number of nitrogens with two attached hydrogens (primary N) is 1. The van der Waals surface area contributed by atoms with Crippen LogP contribution in [0.25, 0.3) is 16.8 Å². The minimum absolute atomic E-state index is 0.0276. The molecule has 276 valence electrons. The molecule has 2 aromatic carbocycles. The smallest absolute Gasteiger partial charge is 0.407 e. The summed E-state index contributed by atoms with van der Waals surface area (Å²) < 4.78 is 7.76. The van der Waals surface area contributed by atoms with E-state index < -0.39 is 18.2 Å². The van der Waals surface area contributed by atoms with Crippen LogP contribution in [0, 0.1) is 5.92 Å².